The fourth-order valence-electron chi connectivity index (χ4n) is 4.70. The Hall–Kier alpha value is -4.53. The van der Waals surface area contributed by atoms with Gasteiger partial charge >= 0.3 is 12.0 Å². The number of imide groups is 1. The van der Waals surface area contributed by atoms with Crippen LogP contribution in [0, 0.1) is 0 Å². The number of imidazole rings is 1. The monoisotopic (exact) mass is 556 g/mol. The number of ether oxygens (including phenoxy) is 1. The molecule has 9 nitrogen and oxygen atoms in total. The molecule has 0 unspecified atom stereocenters. The first-order chi connectivity index (χ1) is 19.9. The molecule has 4 rings (SSSR count). The van der Waals surface area contributed by atoms with E-state index in [1.54, 1.807) is 48.7 Å². The van der Waals surface area contributed by atoms with Gasteiger partial charge in [-0.15, -0.1) is 0 Å². The molecule has 214 valence electrons. The van der Waals surface area contributed by atoms with E-state index in [4.69, 9.17) is 4.74 Å². The number of amides is 3. The summed E-state index contributed by atoms with van der Waals surface area (Å²) in [6.45, 7) is 4.60. The minimum Gasteiger partial charge on any atom is -0.465 e. The minimum atomic E-state index is -0.491. The topological polar surface area (TPSA) is 102 Å². The highest BCUT2D eigenvalue weighted by Crippen LogP contribution is 2.26. The second-order valence-corrected chi connectivity index (χ2v) is 9.98. The summed E-state index contributed by atoms with van der Waals surface area (Å²) in [7, 11) is 1.34. The number of unbranched alkanes of at least 4 members (excludes halogenated alkanes) is 2. The van der Waals surface area contributed by atoms with Crippen molar-refractivity contribution in [1.29, 1.82) is 0 Å². The number of benzene rings is 2. The summed E-state index contributed by atoms with van der Waals surface area (Å²) in [4.78, 5) is 59.1. The molecule has 0 spiro atoms. The number of aromatic nitrogens is 2. The average molecular weight is 557 g/mol. The van der Waals surface area contributed by atoms with E-state index in [-0.39, 0.29) is 24.6 Å². The number of Topliss-reactive ketones (excluding diaryl/α,β-unsaturated/α-hetero) is 1. The standard InChI is InChI=1S/C32H36N4O5/c1-4-6-13-29-33-20-26(35(29)21-23-14-16-25(17-15-23)31(39)41-3)19-27-30(38)34(18-7-5-2)32(40)36(27)22-28(37)24-11-9-8-10-12-24/h8-12,14-17,19-20H,4-7,13,18,21-22H2,1-3H3/b27-19-. The molecule has 1 aliphatic heterocycles. The van der Waals surface area contributed by atoms with Crippen LogP contribution in [0.3, 0.4) is 0 Å². The van der Waals surface area contributed by atoms with Crippen molar-refractivity contribution >= 4 is 29.8 Å². The Morgan fingerprint density at radius 2 is 1.61 bits per heavy atom. The van der Waals surface area contributed by atoms with Crippen LogP contribution in [0.2, 0.25) is 0 Å². The van der Waals surface area contributed by atoms with Crippen molar-refractivity contribution in [1.82, 2.24) is 19.4 Å². The molecule has 0 saturated carbocycles. The molecule has 1 saturated heterocycles. The maximum Gasteiger partial charge on any atom is 0.337 e. The number of nitrogens with zero attached hydrogens (tertiary/aromatic N) is 4. The molecule has 2 heterocycles. The van der Waals surface area contributed by atoms with Crippen molar-refractivity contribution < 1.29 is 23.9 Å². The lowest BCUT2D eigenvalue weighted by molar-refractivity contribution is -0.123. The number of carbonyl (C=O) groups is 4. The Kier molecular flexibility index (Phi) is 9.84. The quantitative estimate of drug-likeness (QED) is 0.122. The van der Waals surface area contributed by atoms with Gasteiger partial charge in [0.25, 0.3) is 5.91 Å². The zero-order valence-corrected chi connectivity index (χ0v) is 23.8. The van der Waals surface area contributed by atoms with Crippen LogP contribution in [0.25, 0.3) is 6.08 Å². The largest absolute Gasteiger partial charge is 0.465 e. The Balaban J connectivity index is 1.71. The molecular formula is C32H36N4O5. The van der Waals surface area contributed by atoms with Crippen molar-refractivity contribution in [3.8, 4) is 0 Å². The number of methoxy groups -OCH3 is 1. The van der Waals surface area contributed by atoms with Gasteiger partial charge in [-0.05, 0) is 36.6 Å². The number of esters is 1. The molecule has 1 fully saturated rings. The van der Waals surface area contributed by atoms with Crippen molar-refractivity contribution in [2.24, 2.45) is 0 Å². The summed E-state index contributed by atoms with van der Waals surface area (Å²) < 4.78 is 6.82. The number of hydrogen-bond donors (Lipinski definition) is 0. The molecule has 3 aromatic rings. The molecule has 3 amide bonds. The third-order valence-corrected chi connectivity index (χ3v) is 7.07. The lowest BCUT2D eigenvalue weighted by atomic mass is 10.1. The highest BCUT2D eigenvalue weighted by atomic mass is 16.5. The van der Waals surface area contributed by atoms with Crippen LogP contribution in [-0.4, -0.2) is 63.2 Å². The van der Waals surface area contributed by atoms with Crippen LogP contribution in [0.15, 0.2) is 66.5 Å². The molecule has 0 N–H and O–H groups in total. The number of aryl methyl sites for hydroxylation is 1. The predicted octanol–water partition coefficient (Wildman–Crippen LogP) is 5.35. The molecule has 2 aromatic carbocycles. The number of carbonyl (C=O) groups excluding carboxylic acids is 4. The summed E-state index contributed by atoms with van der Waals surface area (Å²) in [5.41, 5.74) is 2.67. The van der Waals surface area contributed by atoms with Crippen molar-refractivity contribution in [3.63, 3.8) is 0 Å². The first-order valence-corrected chi connectivity index (χ1v) is 14.0. The first-order valence-electron chi connectivity index (χ1n) is 14.0. The van der Waals surface area contributed by atoms with E-state index in [9.17, 15) is 19.2 Å². The van der Waals surface area contributed by atoms with Gasteiger partial charge in [0.2, 0.25) is 0 Å². The van der Waals surface area contributed by atoms with E-state index >= 15 is 0 Å². The number of ketones is 1. The molecule has 0 bridgehead atoms. The van der Waals surface area contributed by atoms with Crippen LogP contribution >= 0.6 is 0 Å². The second-order valence-electron chi connectivity index (χ2n) is 9.98. The minimum absolute atomic E-state index is 0.152. The third-order valence-electron chi connectivity index (χ3n) is 7.07. The zero-order chi connectivity index (χ0) is 29.4. The lowest BCUT2D eigenvalue weighted by Gasteiger charge is -2.17. The summed E-state index contributed by atoms with van der Waals surface area (Å²) >= 11 is 0. The molecule has 0 atom stereocenters. The van der Waals surface area contributed by atoms with Crippen LogP contribution < -0.4 is 0 Å². The van der Waals surface area contributed by atoms with Crippen LogP contribution in [0.5, 0.6) is 0 Å². The molecule has 1 aromatic heterocycles. The Bertz CT molecular complexity index is 1430. The Morgan fingerprint density at radius 1 is 0.902 bits per heavy atom. The Labute approximate surface area is 240 Å². The van der Waals surface area contributed by atoms with Crippen molar-refractivity contribution in [3.05, 3.63) is 94.7 Å². The molecule has 0 radical (unpaired) electrons. The second kappa shape index (κ2) is 13.7. The maximum absolute atomic E-state index is 13.5. The van der Waals surface area contributed by atoms with Crippen LogP contribution in [0.1, 0.15) is 77.3 Å². The van der Waals surface area contributed by atoms with Gasteiger partial charge in [-0.3, -0.25) is 19.4 Å². The van der Waals surface area contributed by atoms with Gasteiger partial charge in [-0.1, -0.05) is 69.2 Å². The smallest absolute Gasteiger partial charge is 0.337 e. The van der Waals surface area contributed by atoms with E-state index in [1.165, 1.54) is 16.9 Å². The fraction of sp³-hybridized carbons (Fsp3) is 0.344. The number of hydrogen-bond acceptors (Lipinski definition) is 6. The third kappa shape index (κ3) is 6.80. The highest BCUT2D eigenvalue weighted by molar-refractivity contribution is 6.15. The van der Waals surface area contributed by atoms with E-state index < -0.39 is 17.9 Å². The number of urea groups is 1. The summed E-state index contributed by atoms with van der Waals surface area (Å²) in [5, 5.41) is 0. The van der Waals surface area contributed by atoms with Gasteiger partial charge in [0.1, 0.15) is 11.5 Å². The molecule has 0 aliphatic carbocycles. The SMILES string of the molecule is CCCCc1ncc(/C=C2/C(=O)N(CCCC)C(=O)N2CC(=O)c2ccccc2)n1Cc1ccc(C(=O)OC)cc1. The van der Waals surface area contributed by atoms with E-state index in [2.05, 4.69) is 11.9 Å². The van der Waals surface area contributed by atoms with Gasteiger partial charge in [0.05, 0.1) is 31.1 Å². The van der Waals surface area contributed by atoms with Crippen molar-refractivity contribution in [2.45, 2.75) is 52.5 Å². The van der Waals surface area contributed by atoms with E-state index in [0.717, 1.165) is 37.1 Å². The maximum atomic E-state index is 13.5. The fourth-order valence-corrected chi connectivity index (χ4v) is 4.70. The average Bonchev–Trinajstić information content (AvgIpc) is 3.47. The highest BCUT2D eigenvalue weighted by Gasteiger charge is 2.41. The normalized spacial score (nSPS) is 14.3. The summed E-state index contributed by atoms with van der Waals surface area (Å²) in [6.07, 6.45) is 7.53. The van der Waals surface area contributed by atoms with Gasteiger partial charge in [-0.25, -0.2) is 14.6 Å². The molecule has 9 heteroatoms. The zero-order valence-electron chi connectivity index (χ0n) is 23.8. The summed E-state index contributed by atoms with van der Waals surface area (Å²) in [5.74, 6) is -0.231. The Morgan fingerprint density at radius 3 is 2.27 bits per heavy atom. The van der Waals surface area contributed by atoms with Crippen LogP contribution in [0.4, 0.5) is 4.79 Å². The molecule has 1 aliphatic rings. The van der Waals surface area contributed by atoms with Crippen molar-refractivity contribution in [2.75, 3.05) is 20.2 Å². The van der Waals surface area contributed by atoms with Gasteiger partial charge in [0, 0.05) is 25.1 Å². The summed E-state index contributed by atoms with van der Waals surface area (Å²) in [6, 6.07) is 15.4. The first kappa shape index (κ1) is 29.5. The van der Waals surface area contributed by atoms with Gasteiger partial charge in [-0.2, -0.15) is 0 Å². The predicted molar refractivity (Wildman–Crippen MR) is 155 cm³/mol. The lowest BCUT2D eigenvalue weighted by Crippen LogP contribution is -2.36. The van der Waals surface area contributed by atoms with Gasteiger partial charge < -0.3 is 9.30 Å². The molecule has 41 heavy (non-hydrogen) atoms. The van der Waals surface area contributed by atoms with E-state index in [1.807, 2.05) is 29.7 Å². The van der Waals surface area contributed by atoms with E-state index in [0.29, 0.717) is 29.8 Å². The van der Waals surface area contributed by atoms with Crippen LogP contribution in [-0.2, 0) is 22.5 Å². The molecular weight excluding hydrogens is 520 g/mol. The van der Waals surface area contributed by atoms with Gasteiger partial charge in [0.15, 0.2) is 5.78 Å². The number of rotatable bonds is 13.